The first-order valence-electron chi connectivity index (χ1n) is 5.40. The van der Waals surface area contributed by atoms with Gasteiger partial charge in [-0.3, -0.25) is 0 Å². The molecule has 18 heavy (non-hydrogen) atoms. The second kappa shape index (κ2) is 4.27. The molecule has 2 aromatic rings. The maximum Gasteiger partial charge on any atom is 0.215 e. The minimum atomic E-state index is 0.371. The van der Waals surface area contributed by atoms with E-state index in [1.807, 2.05) is 6.07 Å². The van der Waals surface area contributed by atoms with Gasteiger partial charge in [-0.05, 0) is 41.1 Å². The molecule has 0 spiro atoms. The number of nitriles is 1. The summed E-state index contributed by atoms with van der Waals surface area (Å²) in [5, 5.41) is 21.7. The SMILES string of the molecule is N#Cc1ccnc(Sc2nnnn2C2CC2)c1N. The highest BCUT2D eigenvalue weighted by atomic mass is 32.2. The van der Waals surface area contributed by atoms with Gasteiger partial charge in [-0.2, -0.15) is 5.26 Å². The molecule has 0 radical (unpaired) electrons. The molecule has 0 aromatic carbocycles. The molecule has 7 nitrogen and oxygen atoms in total. The zero-order valence-electron chi connectivity index (χ0n) is 9.32. The summed E-state index contributed by atoms with van der Waals surface area (Å²) in [6.07, 6.45) is 3.75. The van der Waals surface area contributed by atoms with Crippen LogP contribution in [0.2, 0.25) is 0 Å². The molecule has 3 rings (SSSR count). The van der Waals surface area contributed by atoms with Gasteiger partial charge in [-0.25, -0.2) is 9.67 Å². The molecule has 8 heteroatoms. The van der Waals surface area contributed by atoms with Crippen LogP contribution < -0.4 is 5.73 Å². The normalized spacial score (nSPS) is 14.4. The van der Waals surface area contributed by atoms with Gasteiger partial charge in [0.1, 0.15) is 11.1 Å². The molecule has 1 aliphatic carbocycles. The molecule has 0 aliphatic heterocycles. The highest BCUT2D eigenvalue weighted by molar-refractivity contribution is 7.99. The molecule has 0 amide bonds. The molecule has 0 unspecified atom stereocenters. The lowest BCUT2D eigenvalue weighted by Gasteiger charge is -2.05. The van der Waals surface area contributed by atoms with Crippen molar-refractivity contribution in [3.8, 4) is 6.07 Å². The van der Waals surface area contributed by atoms with Crippen molar-refractivity contribution in [3.05, 3.63) is 17.8 Å². The number of anilines is 1. The number of hydrogen-bond acceptors (Lipinski definition) is 7. The van der Waals surface area contributed by atoms with Crippen LogP contribution in [0.25, 0.3) is 0 Å². The van der Waals surface area contributed by atoms with Gasteiger partial charge in [-0.1, -0.05) is 0 Å². The van der Waals surface area contributed by atoms with Crippen LogP contribution in [-0.4, -0.2) is 25.2 Å². The van der Waals surface area contributed by atoms with Crippen molar-refractivity contribution in [2.75, 3.05) is 5.73 Å². The van der Waals surface area contributed by atoms with Crippen LogP contribution in [0.1, 0.15) is 24.4 Å². The minimum absolute atomic E-state index is 0.371. The number of tetrazole rings is 1. The highest BCUT2D eigenvalue weighted by Gasteiger charge is 2.28. The summed E-state index contributed by atoms with van der Waals surface area (Å²) >= 11 is 1.28. The second-order valence-corrected chi connectivity index (χ2v) is 4.88. The Balaban J connectivity index is 1.92. The first-order chi connectivity index (χ1) is 8.79. The number of nitrogens with two attached hydrogens (primary N) is 1. The van der Waals surface area contributed by atoms with Crippen molar-refractivity contribution >= 4 is 17.4 Å². The number of pyridine rings is 1. The van der Waals surface area contributed by atoms with Crippen LogP contribution in [0.3, 0.4) is 0 Å². The van der Waals surface area contributed by atoms with E-state index in [4.69, 9.17) is 11.0 Å². The summed E-state index contributed by atoms with van der Waals surface area (Å²) in [5.74, 6) is 0. The van der Waals surface area contributed by atoms with E-state index in [2.05, 4.69) is 20.5 Å². The third-order valence-electron chi connectivity index (χ3n) is 2.62. The smallest absolute Gasteiger partial charge is 0.215 e. The standard InChI is InChI=1S/C10H9N7S/c11-5-6-3-4-13-9(8(6)12)18-10-14-15-16-17(10)7-1-2-7/h3-4,7H,1-2,12H2. The molecule has 1 aliphatic rings. The lowest BCUT2D eigenvalue weighted by molar-refractivity contribution is 0.565. The van der Waals surface area contributed by atoms with Gasteiger partial charge < -0.3 is 5.73 Å². The Kier molecular flexibility index (Phi) is 2.60. The van der Waals surface area contributed by atoms with Gasteiger partial charge in [-0.15, -0.1) is 5.10 Å². The molecule has 1 saturated carbocycles. The number of hydrogen-bond donors (Lipinski definition) is 1. The summed E-state index contributed by atoms with van der Waals surface area (Å²) in [5.41, 5.74) is 6.65. The van der Waals surface area contributed by atoms with Gasteiger partial charge >= 0.3 is 0 Å². The highest BCUT2D eigenvalue weighted by Crippen LogP contribution is 2.38. The van der Waals surface area contributed by atoms with Crippen LogP contribution in [-0.2, 0) is 0 Å². The fraction of sp³-hybridized carbons (Fsp3) is 0.300. The number of rotatable bonds is 3. The van der Waals surface area contributed by atoms with Crippen molar-refractivity contribution in [3.63, 3.8) is 0 Å². The largest absolute Gasteiger partial charge is 0.395 e. The molecule has 90 valence electrons. The van der Waals surface area contributed by atoms with E-state index in [0.29, 0.717) is 27.5 Å². The van der Waals surface area contributed by atoms with E-state index in [9.17, 15) is 0 Å². The number of aromatic nitrogens is 5. The third kappa shape index (κ3) is 1.89. The predicted octanol–water partition coefficient (Wildman–Crippen LogP) is 1.01. The van der Waals surface area contributed by atoms with Crippen LogP contribution in [0, 0.1) is 11.3 Å². The predicted molar refractivity (Wildman–Crippen MR) is 63.6 cm³/mol. The van der Waals surface area contributed by atoms with Crippen LogP contribution in [0.15, 0.2) is 22.4 Å². The molecule has 2 aromatic heterocycles. The van der Waals surface area contributed by atoms with Crippen LogP contribution >= 0.6 is 11.8 Å². The van der Waals surface area contributed by atoms with Gasteiger partial charge in [0.05, 0.1) is 17.3 Å². The van der Waals surface area contributed by atoms with Crippen LogP contribution in [0.4, 0.5) is 5.69 Å². The van der Waals surface area contributed by atoms with E-state index in [-0.39, 0.29) is 0 Å². The van der Waals surface area contributed by atoms with Gasteiger partial charge in [0, 0.05) is 6.20 Å². The summed E-state index contributed by atoms with van der Waals surface area (Å²) < 4.78 is 1.78. The zero-order chi connectivity index (χ0) is 12.5. The van der Waals surface area contributed by atoms with Gasteiger partial charge in [0.2, 0.25) is 5.16 Å². The number of nitrogens with zero attached hydrogens (tertiary/aromatic N) is 6. The molecule has 0 saturated heterocycles. The Morgan fingerprint density at radius 3 is 3.06 bits per heavy atom. The topological polar surface area (TPSA) is 106 Å². The van der Waals surface area contributed by atoms with Crippen LogP contribution in [0.5, 0.6) is 0 Å². The van der Waals surface area contributed by atoms with Crippen molar-refractivity contribution in [2.45, 2.75) is 29.1 Å². The van der Waals surface area contributed by atoms with E-state index >= 15 is 0 Å². The summed E-state index contributed by atoms with van der Waals surface area (Å²) in [6, 6.07) is 4.01. The average Bonchev–Trinajstić information content (AvgIpc) is 3.13. The molecular weight excluding hydrogens is 250 g/mol. The van der Waals surface area contributed by atoms with Crippen molar-refractivity contribution in [1.29, 1.82) is 5.26 Å². The molecule has 2 N–H and O–H groups in total. The lowest BCUT2D eigenvalue weighted by atomic mass is 10.2. The van der Waals surface area contributed by atoms with Gasteiger partial charge in [0.25, 0.3) is 0 Å². The maximum atomic E-state index is 8.91. The monoisotopic (exact) mass is 259 g/mol. The van der Waals surface area contributed by atoms with E-state index in [0.717, 1.165) is 12.8 Å². The van der Waals surface area contributed by atoms with Crippen molar-refractivity contribution in [1.82, 2.24) is 25.2 Å². The first kappa shape index (κ1) is 11.0. The Morgan fingerprint density at radius 1 is 1.50 bits per heavy atom. The number of nitrogen functional groups attached to an aromatic ring is 1. The third-order valence-corrected chi connectivity index (χ3v) is 3.59. The second-order valence-electron chi connectivity index (χ2n) is 3.93. The first-order valence-corrected chi connectivity index (χ1v) is 6.21. The van der Waals surface area contributed by atoms with E-state index in [1.54, 1.807) is 16.9 Å². The molecular formula is C10H9N7S. The Morgan fingerprint density at radius 2 is 2.33 bits per heavy atom. The molecule has 0 atom stereocenters. The molecule has 0 bridgehead atoms. The molecule has 2 heterocycles. The average molecular weight is 259 g/mol. The molecule has 1 fully saturated rings. The quantitative estimate of drug-likeness (QED) is 0.876. The Bertz CT molecular complexity index is 625. The van der Waals surface area contributed by atoms with Gasteiger partial charge in [0.15, 0.2) is 0 Å². The lowest BCUT2D eigenvalue weighted by Crippen LogP contribution is -2.00. The summed E-state index contributed by atoms with van der Waals surface area (Å²) in [7, 11) is 0. The summed E-state index contributed by atoms with van der Waals surface area (Å²) in [4.78, 5) is 4.16. The van der Waals surface area contributed by atoms with E-state index in [1.165, 1.54) is 11.8 Å². The Labute approximate surface area is 107 Å². The fourth-order valence-corrected chi connectivity index (χ4v) is 2.38. The fourth-order valence-electron chi connectivity index (χ4n) is 1.52. The summed E-state index contributed by atoms with van der Waals surface area (Å²) in [6.45, 7) is 0. The van der Waals surface area contributed by atoms with E-state index < -0.39 is 0 Å². The minimum Gasteiger partial charge on any atom is -0.395 e. The van der Waals surface area contributed by atoms with Crippen molar-refractivity contribution < 1.29 is 0 Å². The maximum absolute atomic E-state index is 8.91. The Hall–Kier alpha value is -2.14. The van der Waals surface area contributed by atoms with Crippen molar-refractivity contribution in [2.24, 2.45) is 0 Å². The zero-order valence-corrected chi connectivity index (χ0v) is 10.1.